The molecule has 0 aromatic carbocycles. The second-order valence-electron chi connectivity index (χ2n) is 0.428. The summed E-state index contributed by atoms with van der Waals surface area (Å²) in [6, 6.07) is 0. The zero-order chi connectivity index (χ0) is 4.50. The SMILES string of the molecule is O.O.O.O.O.O.O.O.O.O=S(=O)([O-])O.[Na+]. The topological polar surface area (TPSA) is 361 Å². The second kappa shape index (κ2) is 62.5. The van der Waals surface area contributed by atoms with Crippen molar-refractivity contribution < 1.29 is 96.4 Å². The van der Waals surface area contributed by atoms with Crippen molar-refractivity contribution in [3.05, 3.63) is 0 Å². The fourth-order valence-electron chi connectivity index (χ4n) is 0. The normalized spacial score (nSPS) is 3.87. The standard InChI is InChI=1S/Na.H2O4S.9H2O/c;1-5(2,3)4;;;;;;;;;/h;(H2,1,2,3,4);9*1H2/q+1;;;;;;;;;;/p-1. The van der Waals surface area contributed by atoms with Gasteiger partial charge in [-0.3, -0.25) is 4.55 Å². The Morgan fingerprint density at radius 3 is 0.667 bits per heavy atom. The van der Waals surface area contributed by atoms with E-state index in [0.717, 1.165) is 0 Å². The van der Waals surface area contributed by atoms with E-state index in [1.807, 2.05) is 0 Å². The molecule has 15 heteroatoms. The van der Waals surface area contributed by atoms with Gasteiger partial charge in [-0.2, -0.15) is 0 Å². The van der Waals surface area contributed by atoms with Gasteiger partial charge < -0.3 is 53.8 Å². The predicted octanol–water partition coefficient (Wildman–Crippen LogP) is -11.4. The Morgan fingerprint density at radius 2 is 0.667 bits per heavy atom. The van der Waals surface area contributed by atoms with Crippen LogP contribution >= 0.6 is 0 Å². The van der Waals surface area contributed by atoms with Crippen molar-refractivity contribution in [2.45, 2.75) is 0 Å². The fraction of sp³-hybridized carbons (Fsp3) is 0. The van der Waals surface area contributed by atoms with E-state index in [9.17, 15) is 0 Å². The monoisotopic (exact) mass is 282 g/mol. The van der Waals surface area contributed by atoms with Gasteiger partial charge in [0.2, 0.25) is 10.4 Å². The molecule has 0 aromatic rings. The molecular weight excluding hydrogens is 263 g/mol. The Bertz CT molecular complexity index is 93.7. The molecule has 0 atom stereocenters. The third-order valence-corrected chi connectivity index (χ3v) is 0. The number of hydrogen-bond donors (Lipinski definition) is 1. The zero-order valence-electron chi connectivity index (χ0n) is 7.58. The van der Waals surface area contributed by atoms with E-state index >= 15 is 0 Å². The minimum Gasteiger partial charge on any atom is -0.726 e. The number of rotatable bonds is 0. The third kappa shape index (κ3) is 8730. The molecule has 0 aromatic heterocycles. The molecule has 0 aliphatic carbocycles. The van der Waals surface area contributed by atoms with Crippen LogP contribution in [0.4, 0.5) is 0 Å². The van der Waals surface area contributed by atoms with E-state index in [4.69, 9.17) is 17.5 Å². The van der Waals surface area contributed by atoms with Crippen molar-refractivity contribution in [1.82, 2.24) is 0 Å². The van der Waals surface area contributed by atoms with Crippen LogP contribution in [0.5, 0.6) is 0 Å². The van der Waals surface area contributed by atoms with Crippen LogP contribution in [0.15, 0.2) is 0 Å². The molecule has 0 fully saturated rings. The van der Waals surface area contributed by atoms with Crippen molar-refractivity contribution in [2.24, 2.45) is 0 Å². The molecular formula is H19NaO13S. The fourth-order valence-corrected chi connectivity index (χ4v) is 0. The van der Waals surface area contributed by atoms with Crippen molar-refractivity contribution in [3.63, 3.8) is 0 Å². The summed E-state index contributed by atoms with van der Waals surface area (Å²) in [6.07, 6.45) is 0. The molecule has 0 aliphatic heterocycles. The predicted molar refractivity (Wildman–Crippen MR) is 44.9 cm³/mol. The van der Waals surface area contributed by atoms with Gasteiger partial charge in [0.25, 0.3) is 0 Å². The molecule has 0 saturated carbocycles. The van der Waals surface area contributed by atoms with Crippen LogP contribution in [-0.4, -0.2) is 66.8 Å². The molecule has 0 heterocycles. The van der Waals surface area contributed by atoms with Crippen molar-refractivity contribution >= 4 is 10.4 Å². The van der Waals surface area contributed by atoms with Gasteiger partial charge in [-0.1, -0.05) is 0 Å². The molecule has 15 heavy (non-hydrogen) atoms. The molecule has 0 radical (unpaired) electrons. The van der Waals surface area contributed by atoms with Crippen LogP contribution < -0.4 is 29.6 Å². The Hall–Kier alpha value is 0.510. The summed E-state index contributed by atoms with van der Waals surface area (Å²) in [6.45, 7) is 0. The summed E-state index contributed by atoms with van der Waals surface area (Å²) >= 11 is 0. The van der Waals surface area contributed by atoms with Gasteiger partial charge in [-0.05, 0) is 0 Å². The third-order valence-electron chi connectivity index (χ3n) is 0. The molecule has 0 aliphatic rings. The van der Waals surface area contributed by atoms with Gasteiger partial charge in [0, 0.05) is 0 Å². The van der Waals surface area contributed by atoms with Crippen LogP contribution in [0.1, 0.15) is 0 Å². The van der Waals surface area contributed by atoms with Crippen molar-refractivity contribution in [3.8, 4) is 0 Å². The van der Waals surface area contributed by atoms with Gasteiger partial charge in [0.05, 0.1) is 0 Å². The van der Waals surface area contributed by atoms with E-state index < -0.39 is 10.4 Å². The summed E-state index contributed by atoms with van der Waals surface area (Å²) in [5.41, 5.74) is 0. The summed E-state index contributed by atoms with van der Waals surface area (Å²) in [4.78, 5) is 0. The van der Waals surface area contributed by atoms with Crippen molar-refractivity contribution in [2.75, 3.05) is 0 Å². The van der Waals surface area contributed by atoms with E-state index in [2.05, 4.69) is 0 Å². The van der Waals surface area contributed by atoms with Crippen LogP contribution in [0, 0.1) is 0 Å². The molecule has 0 saturated heterocycles. The zero-order valence-corrected chi connectivity index (χ0v) is 10.4. The van der Waals surface area contributed by atoms with Gasteiger partial charge in [-0.15, -0.1) is 0 Å². The van der Waals surface area contributed by atoms with Gasteiger partial charge in [0.1, 0.15) is 0 Å². The number of hydrogen-bond acceptors (Lipinski definition) is 3. The van der Waals surface area contributed by atoms with Crippen LogP contribution in [0.2, 0.25) is 0 Å². The van der Waals surface area contributed by atoms with Gasteiger partial charge >= 0.3 is 29.6 Å². The molecule has 13 nitrogen and oxygen atoms in total. The molecule has 19 N–H and O–H groups in total. The second-order valence-corrected chi connectivity index (χ2v) is 1.28. The molecule has 0 bridgehead atoms. The molecule has 0 unspecified atom stereocenters. The van der Waals surface area contributed by atoms with Crippen LogP contribution in [0.3, 0.4) is 0 Å². The summed E-state index contributed by atoms with van der Waals surface area (Å²) < 4.78 is 32.8. The van der Waals surface area contributed by atoms with E-state index in [1.54, 1.807) is 0 Å². The smallest absolute Gasteiger partial charge is 0.726 e. The minimum atomic E-state index is -4.92. The minimum absolute atomic E-state index is 0. The molecule has 104 valence electrons. The average Bonchev–Trinajstić information content (AvgIpc) is 0.722. The average molecular weight is 282 g/mol. The Balaban J connectivity index is -0.00000000178. The van der Waals surface area contributed by atoms with Gasteiger partial charge in [-0.25, -0.2) is 8.42 Å². The van der Waals surface area contributed by atoms with E-state index in [0.29, 0.717) is 0 Å². The quantitative estimate of drug-likeness (QED) is 0.256. The summed E-state index contributed by atoms with van der Waals surface area (Å²) in [7, 11) is -4.92. The molecule has 0 rings (SSSR count). The maximum atomic E-state index is 8.63. The van der Waals surface area contributed by atoms with E-state index in [1.165, 1.54) is 0 Å². The first-order chi connectivity index (χ1) is 2.00. The van der Waals surface area contributed by atoms with Crippen LogP contribution in [0.25, 0.3) is 0 Å². The first kappa shape index (κ1) is 161. The van der Waals surface area contributed by atoms with Crippen LogP contribution in [-0.2, 0) is 10.4 Å². The largest absolute Gasteiger partial charge is 1.00 e. The maximum absolute atomic E-state index is 8.63. The molecule has 0 spiro atoms. The summed E-state index contributed by atoms with van der Waals surface area (Å²) in [5, 5.41) is 0. The first-order valence-electron chi connectivity index (χ1n) is 0.683. The summed E-state index contributed by atoms with van der Waals surface area (Å²) in [5.74, 6) is 0. The Kier molecular flexibility index (Phi) is 669. The van der Waals surface area contributed by atoms with Crippen molar-refractivity contribution in [1.29, 1.82) is 0 Å². The van der Waals surface area contributed by atoms with Gasteiger partial charge in [0.15, 0.2) is 0 Å². The Morgan fingerprint density at radius 1 is 0.667 bits per heavy atom. The Labute approximate surface area is 107 Å². The maximum Gasteiger partial charge on any atom is 1.00 e. The van der Waals surface area contributed by atoms with E-state index in [-0.39, 0.29) is 78.8 Å². The first-order valence-corrected chi connectivity index (χ1v) is 2.05. The molecule has 0 amide bonds.